The molecule has 0 bridgehead atoms. The van der Waals surface area contributed by atoms with Crippen LogP contribution in [0.25, 0.3) is 10.9 Å². The number of nitrogens with one attached hydrogen (secondary N) is 3. The van der Waals surface area contributed by atoms with E-state index in [-0.39, 0.29) is 24.3 Å². The number of amides is 2. The Balaban J connectivity index is 1.55. The summed E-state index contributed by atoms with van der Waals surface area (Å²) in [7, 11) is 0. The number of carbonyl (C=O) groups excluding carboxylic acids is 3. The van der Waals surface area contributed by atoms with Crippen LogP contribution in [0.3, 0.4) is 0 Å². The topological polar surface area (TPSA) is 114 Å². The van der Waals surface area contributed by atoms with E-state index in [1.165, 1.54) is 12.3 Å². The Morgan fingerprint density at radius 1 is 1.36 bits per heavy atom. The summed E-state index contributed by atoms with van der Waals surface area (Å²) in [6.07, 6.45) is -2.98. The number of carbonyl (C=O) groups is 3. The molecule has 0 unspecified atom stereocenters. The van der Waals surface area contributed by atoms with Crippen LogP contribution in [0.1, 0.15) is 12.8 Å². The number of nitrogens with zero attached hydrogens (tertiary/aromatic N) is 2. The first-order valence-corrected chi connectivity index (χ1v) is 8.27. The molecule has 9 nitrogen and oxygen atoms in total. The molecule has 1 fully saturated rings. The van der Waals surface area contributed by atoms with Crippen LogP contribution in [0.2, 0.25) is 0 Å². The van der Waals surface area contributed by atoms with Gasteiger partial charge in [-0.05, 0) is 12.1 Å². The number of ketones is 1. The maximum absolute atomic E-state index is 12.3. The van der Waals surface area contributed by atoms with Crippen molar-refractivity contribution in [3.8, 4) is 5.75 Å². The maximum atomic E-state index is 12.3. The van der Waals surface area contributed by atoms with Crippen molar-refractivity contribution in [3.05, 3.63) is 24.4 Å². The molecule has 1 aromatic heterocycles. The van der Waals surface area contributed by atoms with Crippen LogP contribution in [0.15, 0.2) is 24.4 Å². The highest BCUT2D eigenvalue weighted by Crippen LogP contribution is 2.25. The molecule has 0 aliphatic carbocycles. The third-order valence-electron chi connectivity index (χ3n) is 3.92. The first-order chi connectivity index (χ1) is 13.2. The second-order valence-electron chi connectivity index (χ2n) is 6.09. The lowest BCUT2D eigenvalue weighted by Crippen LogP contribution is -2.50. The smallest absolute Gasteiger partial charge is 0.406 e. The summed E-state index contributed by atoms with van der Waals surface area (Å²) < 4.78 is 40.6. The lowest BCUT2D eigenvalue weighted by molar-refractivity contribution is -0.274. The fraction of sp³-hybridized carbons (Fsp3) is 0.375. The van der Waals surface area contributed by atoms with Gasteiger partial charge in [0.25, 0.3) is 5.91 Å². The van der Waals surface area contributed by atoms with Gasteiger partial charge in [0.1, 0.15) is 11.5 Å². The van der Waals surface area contributed by atoms with E-state index in [9.17, 15) is 27.6 Å². The van der Waals surface area contributed by atoms with Gasteiger partial charge in [-0.25, -0.2) is 5.43 Å². The fourth-order valence-electron chi connectivity index (χ4n) is 2.68. The van der Waals surface area contributed by atoms with E-state index in [2.05, 4.69) is 25.9 Å². The highest BCUT2D eigenvalue weighted by atomic mass is 19.4. The molecule has 1 atom stereocenters. The zero-order chi connectivity index (χ0) is 20.3. The number of halogens is 3. The number of hydrogen-bond acceptors (Lipinski definition) is 6. The molecule has 2 heterocycles. The van der Waals surface area contributed by atoms with Crippen molar-refractivity contribution in [2.75, 3.05) is 18.5 Å². The van der Waals surface area contributed by atoms with Gasteiger partial charge < -0.3 is 15.4 Å². The standard InChI is InChI=1S/C16H16F3N5O4/c17-16(18,19)28-11-2-1-9-8-24(22-12(9)6-11)23-14(26)7-21-15(27)13-5-10(25)3-4-20-13/h1-2,6,8,13,20H,3-5,7H2,(H,21,27)(H,23,26)/t13-/m1/s1. The van der Waals surface area contributed by atoms with Crippen molar-refractivity contribution in [2.24, 2.45) is 0 Å². The summed E-state index contributed by atoms with van der Waals surface area (Å²) >= 11 is 0. The predicted octanol–water partition coefficient (Wildman–Crippen LogP) is 0.442. The van der Waals surface area contributed by atoms with Crippen LogP contribution >= 0.6 is 0 Å². The lowest BCUT2D eigenvalue weighted by Gasteiger charge is -2.21. The molecule has 1 aliphatic heterocycles. The van der Waals surface area contributed by atoms with E-state index < -0.39 is 30.0 Å². The number of rotatable bonds is 5. The molecule has 2 aromatic rings. The summed E-state index contributed by atoms with van der Waals surface area (Å²) in [5.74, 6) is -1.53. The molecule has 3 N–H and O–H groups in total. The van der Waals surface area contributed by atoms with Gasteiger partial charge in [-0.15, -0.1) is 13.2 Å². The fourth-order valence-corrected chi connectivity index (χ4v) is 2.68. The summed E-state index contributed by atoms with van der Waals surface area (Å²) in [4.78, 5) is 36.3. The molecule has 1 saturated heterocycles. The average Bonchev–Trinajstić information content (AvgIpc) is 2.99. The van der Waals surface area contributed by atoms with Crippen LogP contribution < -0.4 is 20.8 Å². The minimum atomic E-state index is -4.82. The van der Waals surface area contributed by atoms with E-state index in [1.54, 1.807) is 0 Å². The minimum absolute atomic E-state index is 0.0274. The van der Waals surface area contributed by atoms with Gasteiger partial charge in [0.2, 0.25) is 5.91 Å². The largest absolute Gasteiger partial charge is 0.573 e. The van der Waals surface area contributed by atoms with E-state index in [1.807, 2.05) is 0 Å². The first-order valence-electron chi connectivity index (χ1n) is 8.27. The Morgan fingerprint density at radius 3 is 2.86 bits per heavy atom. The van der Waals surface area contributed by atoms with Gasteiger partial charge in [-0.3, -0.25) is 14.4 Å². The minimum Gasteiger partial charge on any atom is -0.406 e. The first kappa shape index (κ1) is 19.6. The van der Waals surface area contributed by atoms with Crippen LogP contribution in [-0.4, -0.2) is 53.0 Å². The predicted molar refractivity (Wildman–Crippen MR) is 89.8 cm³/mol. The summed E-state index contributed by atoms with van der Waals surface area (Å²) in [6, 6.07) is 2.90. The molecule has 3 rings (SSSR count). The van der Waals surface area contributed by atoms with Gasteiger partial charge in [-0.1, -0.05) is 0 Å². The van der Waals surface area contributed by atoms with Crippen molar-refractivity contribution in [3.63, 3.8) is 0 Å². The van der Waals surface area contributed by atoms with E-state index >= 15 is 0 Å². The van der Waals surface area contributed by atoms with E-state index in [4.69, 9.17) is 0 Å². The normalized spacial score (nSPS) is 17.4. The monoisotopic (exact) mass is 399 g/mol. The number of Topliss-reactive ketones (excluding diaryl/α,β-unsaturated/α-hetero) is 1. The van der Waals surface area contributed by atoms with Gasteiger partial charge in [0.15, 0.2) is 0 Å². The zero-order valence-corrected chi connectivity index (χ0v) is 14.4. The molecule has 0 radical (unpaired) electrons. The number of aromatic nitrogens is 2. The highest BCUT2D eigenvalue weighted by molar-refractivity contribution is 5.94. The Hall–Kier alpha value is -3.15. The molecule has 12 heteroatoms. The number of fused-ring (bicyclic) bond motifs is 1. The SMILES string of the molecule is O=C1CCN[C@@H](C(=O)NCC(=O)Nn2cc3ccc(OC(F)(F)F)cc3n2)C1. The van der Waals surface area contributed by atoms with Crippen molar-refractivity contribution >= 4 is 28.5 Å². The summed E-state index contributed by atoms with van der Waals surface area (Å²) in [5.41, 5.74) is 2.54. The quantitative estimate of drug-likeness (QED) is 0.673. The molecule has 1 aliphatic rings. The van der Waals surface area contributed by atoms with Crippen LogP contribution in [-0.2, 0) is 14.4 Å². The van der Waals surface area contributed by atoms with Crippen molar-refractivity contribution in [1.82, 2.24) is 20.5 Å². The zero-order valence-electron chi connectivity index (χ0n) is 14.4. The highest BCUT2D eigenvalue weighted by Gasteiger charge is 2.31. The molecule has 28 heavy (non-hydrogen) atoms. The third-order valence-corrected chi connectivity index (χ3v) is 3.92. The Morgan fingerprint density at radius 2 is 2.14 bits per heavy atom. The van der Waals surface area contributed by atoms with Crippen molar-refractivity contribution in [2.45, 2.75) is 25.2 Å². The Bertz CT molecular complexity index is 911. The number of piperidine rings is 1. The molecular formula is C16H16F3N5O4. The molecule has 0 spiro atoms. The van der Waals surface area contributed by atoms with Gasteiger partial charge >= 0.3 is 6.36 Å². The van der Waals surface area contributed by atoms with Gasteiger partial charge in [0, 0.05) is 30.8 Å². The maximum Gasteiger partial charge on any atom is 0.573 e. The summed E-state index contributed by atoms with van der Waals surface area (Å²) in [6.45, 7) is 0.0485. The third kappa shape index (κ3) is 5.19. The van der Waals surface area contributed by atoms with Crippen molar-refractivity contribution in [1.29, 1.82) is 0 Å². The van der Waals surface area contributed by atoms with Gasteiger partial charge in [0.05, 0.1) is 24.3 Å². The molecular weight excluding hydrogens is 383 g/mol. The average molecular weight is 399 g/mol. The second kappa shape index (κ2) is 7.84. The summed E-state index contributed by atoms with van der Waals surface area (Å²) in [5, 5.41) is 9.71. The molecule has 0 saturated carbocycles. The van der Waals surface area contributed by atoms with Crippen LogP contribution in [0, 0.1) is 0 Å². The number of hydrogen-bond donors (Lipinski definition) is 3. The number of alkyl halides is 3. The van der Waals surface area contributed by atoms with Crippen LogP contribution in [0.5, 0.6) is 5.75 Å². The second-order valence-corrected chi connectivity index (χ2v) is 6.09. The van der Waals surface area contributed by atoms with Crippen LogP contribution in [0.4, 0.5) is 13.2 Å². The van der Waals surface area contributed by atoms with E-state index in [0.29, 0.717) is 18.4 Å². The van der Waals surface area contributed by atoms with Crippen molar-refractivity contribution < 1.29 is 32.3 Å². The molecule has 150 valence electrons. The molecule has 1 aromatic carbocycles. The molecule has 2 amide bonds. The van der Waals surface area contributed by atoms with Gasteiger partial charge in [-0.2, -0.15) is 9.89 Å². The lowest BCUT2D eigenvalue weighted by atomic mass is 10.0. The Kier molecular flexibility index (Phi) is 5.49. The number of ether oxygens (including phenoxy) is 1. The number of benzene rings is 1. The van der Waals surface area contributed by atoms with E-state index in [0.717, 1.165) is 16.9 Å². The Labute approximate surface area is 156 Å².